The van der Waals surface area contributed by atoms with Crippen molar-refractivity contribution in [2.45, 2.75) is 19.9 Å². The molecule has 1 aromatic carbocycles. The van der Waals surface area contributed by atoms with Gasteiger partial charge in [-0.15, -0.1) is 0 Å². The molecule has 0 saturated carbocycles. The topological polar surface area (TPSA) is 25.2 Å². The highest BCUT2D eigenvalue weighted by Gasteiger charge is 2.10. The Balaban J connectivity index is 2.25. The first-order chi connectivity index (χ1) is 8.33. The summed E-state index contributed by atoms with van der Waals surface area (Å²) in [6, 6.07) is 10.2. The zero-order chi connectivity index (χ0) is 12.1. The van der Waals surface area contributed by atoms with Crippen molar-refractivity contribution in [2.24, 2.45) is 0 Å². The summed E-state index contributed by atoms with van der Waals surface area (Å²) in [5, 5.41) is 3.42. The maximum Gasteiger partial charge on any atom is 0.148 e. The van der Waals surface area contributed by atoms with Gasteiger partial charge in [0.1, 0.15) is 5.76 Å². The van der Waals surface area contributed by atoms with Gasteiger partial charge < -0.3 is 9.73 Å². The maximum atomic E-state index is 5.52. The molecular formula is C14H16BrNO. The maximum absolute atomic E-state index is 5.52. The monoisotopic (exact) mass is 293 g/mol. The first-order valence-electron chi connectivity index (χ1n) is 5.85. The molecule has 1 N–H and O–H groups in total. The SMILES string of the molecule is CCCNCc1ccccc1-c1occc1Br. The fourth-order valence-corrected chi connectivity index (χ4v) is 2.20. The van der Waals surface area contributed by atoms with Gasteiger partial charge in [0.15, 0.2) is 0 Å². The van der Waals surface area contributed by atoms with Crippen molar-refractivity contribution in [2.75, 3.05) is 6.54 Å². The molecule has 0 atom stereocenters. The average Bonchev–Trinajstić information content (AvgIpc) is 2.76. The zero-order valence-electron chi connectivity index (χ0n) is 9.87. The minimum Gasteiger partial charge on any atom is -0.463 e. The van der Waals surface area contributed by atoms with Gasteiger partial charge in [0, 0.05) is 12.1 Å². The second-order valence-corrected chi connectivity index (χ2v) is 4.79. The molecule has 0 radical (unpaired) electrons. The second kappa shape index (κ2) is 6.03. The summed E-state index contributed by atoms with van der Waals surface area (Å²) in [6.45, 7) is 4.08. The molecule has 1 aromatic heterocycles. The van der Waals surface area contributed by atoms with Crippen LogP contribution in [-0.2, 0) is 6.54 Å². The second-order valence-electron chi connectivity index (χ2n) is 3.93. The van der Waals surface area contributed by atoms with E-state index in [9.17, 15) is 0 Å². The van der Waals surface area contributed by atoms with Crippen molar-refractivity contribution < 1.29 is 4.42 Å². The molecular weight excluding hydrogens is 278 g/mol. The van der Waals surface area contributed by atoms with Gasteiger partial charge >= 0.3 is 0 Å². The number of hydrogen-bond acceptors (Lipinski definition) is 2. The molecule has 0 aliphatic heterocycles. The third kappa shape index (κ3) is 2.99. The molecule has 0 bridgehead atoms. The van der Waals surface area contributed by atoms with Gasteiger partial charge in [-0.2, -0.15) is 0 Å². The average molecular weight is 294 g/mol. The Labute approximate surface area is 110 Å². The molecule has 0 saturated heterocycles. The van der Waals surface area contributed by atoms with Crippen molar-refractivity contribution >= 4 is 15.9 Å². The van der Waals surface area contributed by atoms with Gasteiger partial charge in [0.2, 0.25) is 0 Å². The lowest BCUT2D eigenvalue weighted by Crippen LogP contribution is -2.14. The van der Waals surface area contributed by atoms with Gasteiger partial charge in [-0.05, 0) is 40.5 Å². The predicted octanol–water partition coefficient (Wildman–Crippen LogP) is 4.21. The van der Waals surface area contributed by atoms with Crippen LogP contribution in [0.4, 0.5) is 0 Å². The lowest BCUT2D eigenvalue weighted by Gasteiger charge is -2.08. The smallest absolute Gasteiger partial charge is 0.148 e. The molecule has 3 heteroatoms. The first kappa shape index (κ1) is 12.4. The third-order valence-corrected chi connectivity index (χ3v) is 3.25. The van der Waals surface area contributed by atoms with Crippen LogP contribution in [0, 0.1) is 0 Å². The van der Waals surface area contributed by atoms with Gasteiger partial charge in [0.05, 0.1) is 10.7 Å². The summed E-state index contributed by atoms with van der Waals surface area (Å²) in [4.78, 5) is 0. The Morgan fingerprint density at radius 1 is 1.24 bits per heavy atom. The predicted molar refractivity (Wildman–Crippen MR) is 73.8 cm³/mol. The molecule has 90 valence electrons. The number of benzene rings is 1. The summed E-state index contributed by atoms with van der Waals surface area (Å²) in [6.07, 6.45) is 2.85. The molecule has 2 nitrogen and oxygen atoms in total. The summed E-state index contributed by atoms with van der Waals surface area (Å²) >= 11 is 3.50. The molecule has 0 amide bonds. The van der Waals surface area contributed by atoms with E-state index in [0.717, 1.165) is 35.3 Å². The minimum absolute atomic E-state index is 0.872. The normalized spacial score (nSPS) is 10.7. The van der Waals surface area contributed by atoms with Crippen LogP contribution >= 0.6 is 15.9 Å². The van der Waals surface area contributed by atoms with E-state index in [1.54, 1.807) is 6.26 Å². The van der Waals surface area contributed by atoms with Crippen molar-refractivity contribution in [3.8, 4) is 11.3 Å². The van der Waals surface area contributed by atoms with E-state index in [0.29, 0.717) is 0 Å². The minimum atomic E-state index is 0.872. The van der Waals surface area contributed by atoms with Crippen LogP contribution in [-0.4, -0.2) is 6.54 Å². The van der Waals surface area contributed by atoms with E-state index in [4.69, 9.17) is 4.42 Å². The number of nitrogens with one attached hydrogen (secondary N) is 1. The molecule has 0 fully saturated rings. The van der Waals surface area contributed by atoms with Gasteiger partial charge in [0.25, 0.3) is 0 Å². The van der Waals surface area contributed by atoms with Crippen molar-refractivity contribution in [3.05, 3.63) is 46.6 Å². The highest BCUT2D eigenvalue weighted by atomic mass is 79.9. The number of halogens is 1. The van der Waals surface area contributed by atoms with Crippen LogP contribution in [0.15, 0.2) is 45.5 Å². The summed E-state index contributed by atoms with van der Waals surface area (Å²) in [5.41, 5.74) is 2.41. The Morgan fingerprint density at radius 2 is 2.06 bits per heavy atom. The van der Waals surface area contributed by atoms with Crippen LogP contribution in [0.3, 0.4) is 0 Å². The Kier molecular flexibility index (Phi) is 4.40. The molecule has 0 spiro atoms. The van der Waals surface area contributed by atoms with Crippen LogP contribution in [0.5, 0.6) is 0 Å². The summed E-state index contributed by atoms with van der Waals surface area (Å²) < 4.78 is 6.52. The van der Waals surface area contributed by atoms with Crippen molar-refractivity contribution in [1.29, 1.82) is 0 Å². The standard InChI is InChI=1S/C14H16BrNO/c1-2-8-16-10-11-5-3-4-6-12(11)14-13(15)7-9-17-14/h3-7,9,16H,2,8,10H2,1H3. The largest absolute Gasteiger partial charge is 0.463 e. The molecule has 1 heterocycles. The molecule has 17 heavy (non-hydrogen) atoms. The van der Waals surface area contributed by atoms with E-state index < -0.39 is 0 Å². The van der Waals surface area contributed by atoms with E-state index in [1.807, 2.05) is 12.1 Å². The van der Waals surface area contributed by atoms with Gasteiger partial charge in [-0.1, -0.05) is 31.2 Å². The van der Waals surface area contributed by atoms with Crippen LogP contribution in [0.25, 0.3) is 11.3 Å². The Morgan fingerprint density at radius 3 is 2.76 bits per heavy atom. The van der Waals surface area contributed by atoms with E-state index in [2.05, 4.69) is 46.4 Å². The van der Waals surface area contributed by atoms with E-state index >= 15 is 0 Å². The quantitative estimate of drug-likeness (QED) is 0.836. The molecule has 0 unspecified atom stereocenters. The highest BCUT2D eigenvalue weighted by Crippen LogP contribution is 2.31. The Hall–Kier alpha value is -1.06. The molecule has 2 rings (SSSR count). The Bertz CT molecular complexity index is 479. The van der Waals surface area contributed by atoms with Crippen LogP contribution < -0.4 is 5.32 Å². The fraction of sp³-hybridized carbons (Fsp3) is 0.286. The van der Waals surface area contributed by atoms with Crippen molar-refractivity contribution in [3.63, 3.8) is 0 Å². The lowest BCUT2D eigenvalue weighted by atomic mass is 10.1. The van der Waals surface area contributed by atoms with Gasteiger partial charge in [-0.25, -0.2) is 0 Å². The van der Waals surface area contributed by atoms with Crippen LogP contribution in [0.1, 0.15) is 18.9 Å². The summed E-state index contributed by atoms with van der Waals surface area (Å²) in [7, 11) is 0. The first-order valence-corrected chi connectivity index (χ1v) is 6.64. The molecule has 2 aromatic rings. The summed E-state index contributed by atoms with van der Waals surface area (Å²) in [5.74, 6) is 0.902. The lowest BCUT2D eigenvalue weighted by molar-refractivity contribution is 0.579. The molecule has 0 aliphatic rings. The van der Waals surface area contributed by atoms with E-state index in [-0.39, 0.29) is 0 Å². The van der Waals surface area contributed by atoms with Gasteiger partial charge in [-0.3, -0.25) is 0 Å². The van der Waals surface area contributed by atoms with Crippen LogP contribution in [0.2, 0.25) is 0 Å². The third-order valence-electron chi connectivity index (χ3n) is 2.62. The number of hydrogen-bond donors (Lipinski definition) is 1. The van der Waals surface area contributed by atoms with Crippen molar-refractivity contribution in [1.82, 2.24) is 5.32 Å². The number of rotatable bonds is 5. The van der Waals surface area contributed by atoms with E-state index in [1.165, 1.54) is 5.56 Å². The number of furan rings is 1. The highest BCUT2D eigenvalue weighted by molar-refractivity contribution is 9.10. The zero-order valence-corrected chi connectivity index (χ0v) is 11.5. The fourth-order valence-electron chi connectivity index (χ4n) is 1.78. The molecule has 0 aliphatic carbocycles.